The molecular formula is C24H26N8O4. The van der Waals surface area contributed by atoms with Crippen LogP contribution in [-0.2, 0) is 17.8 Å². The first kappa shape index (κ1) is 24.4. The van der Waals surface area contributed by atoms with Gasteiger partial charge < -0.3 is 16.4 Å². The monoisotopic (exact) mass is 490 g/mol. The molecule has 0 fully saturated rings. The molecule has 0 aliphatic carbocycles. The molecule has 36 heavy (non-hydrogen) atoms. The molecule has 1 aromatic carbocycles. The highest BCUT2D eigenvalue weighted by Gasteiger charge is 2.22. The summed E-state index contributed by atoms with van der Waals surface area (Å²) in [6, 6.07) is 9.15. The van der Waals surface area contributed by atoms with Crippen molar-refractivity contribution in [2.45, 2.75) is 33.2 Å². The van der Waals surface area contributed by atoms with E-state index in [2.05, 4.69) is 15.1 Å². The number of aromatic amines is 1. The zero-order valence-corrected chi connectivity index (χ0v) is 20.1. The van der Waals surface area contributed by atoms with E-state index in [1.165, 1.54) is 22.3 Å². The number of hydrogen-bond acceptors (Lipinski definition) is 7. The Hall–Kier alpha value is -4.74. The Morgan fingerprint density at radius 3 is 2.50 bits per heavy atom. The number of nitrogens with zero attached hydrogens (tertiary/aromatic N) is 5. The largest absolute Gasteiger partial charge is 0.383 e. The maximum absolute atomic E-state index is 13.1. The van der Waals surface area contributed by atoms with E-state index in [1.807, 2.05) is 37.3 Å². The van der Waals surface area contributed by atoms with Crippen molar-refractivity contribution in [3.63, 3.8) is 0 Å². The molecule has 0 aliphatic rings. The molecule has 0 aliphatic heterocycles. The number of primary amides is 1. The molecule has 0 spiro atoms. The summed E-state index contributed by atoms with van der Waals surface area (Å²) in [7, 11) is 1.44. The molecule has 0 saturated heterocycles. The number of carbonyl (C=O) groups is 2. The van der Waals surface area contributed by atoms with Gasteiger partial charge in [0.2, 0.25) is 5.91 Å². The molecule has 4 aromatic rings. The lowest BCUT2D eigenvalue weighted by Gasteiger charge is -2.21. The van der Waals surface area contributed by atoms with E-state index in [9.17, 15) is 19.2 Å². The summed E-state index contributed by atoms with van der Waals surface area (Å²) in [5, 5.41) is 4.19. The average molecular weight is 491 g/mol. The molecule has 12 heteroatoms. The van der Waals surface area contributed by atoms with Gasteiger partial charge in [0.05, 0.1) is 12.7 Å². The van der Waals surface area contributed by atoms with Crippen LogP contribution in [0.2, 0.25) is 0 Å². The van der Waals surface area contributed by atoms with Gasteiger partial charge >= 0.3 is 5.69 Å². The maximum Gasteiger partial charge on any atom is 0.330 e. The number of nitrogen functional groups attached to an aromatic ring is 1. The molecule has 2 amide bonds. The molecule has 0 saturated carbocycles. The van der Waals surface area contributed by atoms with Crippen LogP contribution in [0.4, 0.5) is 11.5 Å². The number of carbonyl (C=O) groups excluding carboxylic acids is 2. The standard InChI is InChI=1S/C24H26N8O4/c1-13-16(14(2)32-22(28-13)17(11-27-32)21(26)34)9-10-18(33)30(3)19-20(25)31(24(36)29-23(19)35)12-15-7-5-4-6-8-15/h4-8,11H,9-10,12,25H2,1-3H3,(H2,26,34)(H,29,35,36). The summed E-state index contributed by atoms with van der Waals surface area (Å²) >= 11 is 0. The van der Waals surface area contributed by atoms with Crippen LogP contribution in [0.1, 0.15) is 39.3 Å². The van der Waals surface area contributed by atoms with Crippen LogP contribution in [0, 0.1) is 13.8 Å². The first-order chi connectivity index (χ1) is 17.1. The second-order valence-corrected chi connectivity index (χ2v) is 8.44. The summed E-state index contributed by atoms with van der Waals surface area (Å²) in [6.07, 6.45) is 1.70. The first-order valence-electron chi connectivity index (χ1n) is 11.2. The van der Waals surface area contributed by atoms with E-state index in [0.29, 0.717) is 23.5 Å². The van der Waals surface area contributed by atoms with E-state index in [-0.39, 0.29) is 35.9 Å². The Balaban J connectivity index is 1.60. The first-order valence-corrected chi connectivity index (χ1v) is 11.2. The number of anilines is 2. The molecule has 0 unspecified atom stereocenters. The third-order valence-electron chi connectivity index (χ3n) is 6.17. The van der Waals surface area contributed by atoms with E-state index in [1.54, 1.807) is 6.92 Å². The van der Waals surface area contributed by atoms with Crippen LogP contribution < -0.4 is 27.6 Å². The zero-order chi connectivity index (χ0) is 26.1. The van der Waals surface area contributed by atoms with Crippen molar-refractivity contribution in [2.24, 2.45) is 5.73 Å². The summed E-state index contributed by atoms with van der Waals surface area (Å²) < 4.78 is 2.73. The molecule has 3 aromatic heterocycles. The highest BCUT2D eigenvalue weighted by atomic mass is 16.2. The minimum Gasteiger partial charge on any atom is -0.383 e. The van der Waals surface area contributed by atoms with Crippen molar-refractivity contribution in [3.8, 4) is 0 Å². The predicted octanol–water partition coefficient (Wildman–Crippen LogP) is 0.521. The maximum atomic E-state index is 13.1. The van der Waals surface area contributed by atoms with Gasteiger partial charge in [0.15, 0.2) is 11.3 Å². The Kier molecular flexibility index (Phi) is 6.43. The van der Waals surface area contributed by atoms with Gasteiger partial charge in [-0.25, -0.2) is 14.3 Å². The molecule has 4 rings (SSSR count). The van der Waals surface area contributed by atoms with Gasteiger partial charge in [-0.1, -0.05) is 30.3 Å². The van der Waals surface area contributed by atoms with Crippen molar-refractivity contribution in [2.75, 3.05) is 17.7 Å². The molecule has 0 radical (unpaired) electrons. The number of H-pyrrole nitrogens is 1. The van der Waals surface area contributed by atoms with Crippen molar-refractivity contribution >= 4 is 29.0 Å². The van der Waals surface area contributed by atoms with Crippen LogP contribution in [-0.4, -0.2) is 43.0 Å². The molecular weight excluding hydrogens is 464 g/mol. The highest BCUT2D eigenvalue weighted by Crippen LogP contribution is 2.21. The number of fused-ring (bicyclic) bond motifs is 1. The van der Waals surface area contributed by atoms with Crippen LogP contribution >= 0.6 is 0 Å². The highest BCUT2D eigenvalue weighted by molar-refractivity contribution is 5.98. The van der Waals surface area contributed by atoms with Gasteiger partial charge in [-0.05, 0) is 31.4 Å². The number of aromatic nitrogens is 5. The van der Waals surface area contributed by atoms with Crippen LogP contribution in [0.3, 0.4) is 0 Å². The van der Waals surface area contributed by atoms with Crippen molar-refractivity contribution in [3.05, 3.63) is 85.4 Å². The SMILES string of the molecule is Cc1nc2c(C(N)=O)cnn2c(C)c1CCC(=O)N(C)c1c(N)n(Cc2ccccc2)c(=O)[nH]c1=O. The Morgan fingerprint density at radius 1 is 1.14 bits per heavy atom. The van der Waals surface area contributed by atoms with Gasteiger partial charge in [0, 0.05) is 24.9 Å². The Morgan fingerprint density at radius 2 is 1.83 bits per heavy atom. The van der Waals surface area contributed by atoms with Crippen molar-refractivity contribution in [1.29, 1.82) is 0 Å². The average Bonchev–Trinajstić information content (AvgIpc) is 3.26. The van der Waals surface area contributed by atoms with Crippen LogP contribution in [0.15, 0.2) is 46.1 Å². The fourth-order valence-corrected chi connectivity index (χ4v) is 4.20. The second kappa shape index (κ2) is 9.49. The summed E-state index contributed by atoms with van der Waals surface area (Å²) in [5.41, 5.74) is 13.6. The molecule has 186 valence electrons. The van der Waals surface area contributed by atoms with Crippen molar-refractivity contribution in [1.82, 2.24) is 24.1 Å². The number of hydrogen-bond donors (Lipinski definition) is 3. The minimum atomic E-state index is -0.747. The lowest BCUT2D eigenvalue weighted by atomic mass is 10.1. The second-order valence-electron chi connectivity index (χ2n) is 8.44. The molecule has 12 nitrogen and oxygen atoms in total. The number of nitrogens with two attached hydrogens (primary N) is 2. The van der Waals surface area contributed by atoms with Crippen molar-refractivity contribution < 1.29 is 9.59 Å². The third kappa shape index (κ3) is 4.35. The normalized spacial score (nSPS) is 11.1. The Labute approximate surface area is 205 Å². The van der Waals surface area contributed by atoms with Crippen LogP contribution in [0.5, 0.6) is 0 Å². The minimum absolute atomic E-state index is 0.0337. The fourth-order valence-electron chi connectivity index (χ4n) is 4.20. The van der Waals surface area contributed by atoms with Gasteiger partial charge in [0.25, 0.3) is 11.5 Å². The third-order valence-corrected chi connectivity index (χ3v) is 6.17. The zero-order valence-electron chi connectivity index (χ0n) is 20.1. The van der Waals surface area contributed by atoms with E-state index in [4.69, 9.17) is 11.5 Å². The number of rotatable bonds is 7. The topological polar surface area (TPSA) is 174 Å². The molecule has 0 bridgehead atoms. The molecule has 0 atom stereocenters. The van der Waals surface area contributed by atoms with E-state index in [0.717, 1.165) is 16.0 Å². The predicted molar refractivity (Wildman–Crippen MR) is 134 cm³/mol. The van der Waals surface area contributed by atoms with Gasteiger partial charge in [-0.3, -0.25) is 23.9 Å². The smallest absolute Gasteiger partial charge is 0.330 e. The Bertz CT molecular complexity index is 1600. The number of aryl methyl sites for hydroxylation is 2. The van der Waals surface area contributed by atoms with Gasteiger partial charge in [-0.2, -0.15) is 5.10 Å². The number of benzene rings is 1. The van der Waals surface area contributed by atoms with Crippen LogP contribution in [0.25, 0.3) is 5.65 Å². The number of amides is 2. The number of nitrogens with one attached hydrogen (secondary N) is 1. The fraction of sp³-hybridized carbons (Fsp3) is 0.250. The van der Waals surface area contributed by atoms with Gasteiger partial charge in [-0.15, -0.1) is 0 Å². The summed E-state index contributed by atoms with van der Waals surface area (Å²) in [6.45, 7) is 3.72. The lowest BCUT2D eigenvalue weighted by Crippen LogP contribution is -2.39. The van der Waals surface area contributed by atoms with Gasteiger partial charge in [0.1, 0.15) is 11.4 Å². The van der Waals surface area contributed by atoms with E-state index >= 15 is 0 Å². The quantitative estimate of drug-likeness (QED) is 0.338. The molecule has 3 heterocycles. The lowest BCUT2D eigenvalue weighted by molar-refractivity contribution is -0.118. The summed E-state index contributed by atoms with van der Waals surface area (Å²) in [4.78, 5) is 57.6. The summed E-state index contributed by atoms with van der Waals surface area (Å²) in [5.74, 6) is -1.11. The van der Waals surface area contributed by atoms with E-state index < -0.39 is 17.2 Å². The molecule has 5 N–H and O–H groups in total.